The number of aromatic nitrogens is 1. The summed E-state index contributed by atoms with van der Waals surface area (Å²) in [4.78, 5) is 23.5. The van der Waals surface area contributed by atoms with E-state index in [1.807, 2.05) is 0 Å². The first-order valence-electron chi connectivity index (χ1n) is 6.86. The first-order chi connectivity index (χ1) is 11.3. The molecule has 0 aliphatic heterocycles. The molecule has 0 fully saturated rings. The van der Waals surface area contributed by atoms with Gasteiger partial charge in [0.25, 0.3) is 5.91 Å². The molecule has 1 heterocycles. The van der Waals surface area contributed by atoms with Crippen LogP contribution in [0.1, 0.15) is 12.7 Å². The minimum absolute atomic E-state index is 0.241. The van der Waals surface area contributed by atoms with Crippen molar-refractivity contribution >= 4 is 40.9 Å². The zero-order valence-corrected chi connectivity index (χ0v) is 14.4. The lowest BCUT2D eigenvalue weighted by Crippen LogP contribution is -2.29. The largest absolute Gasteiger partial charge is 0.477 e. The Kier molecular flexibility index (Phi) is 6.05. The molecule has 0 saturated heterocycles. The second kappa shape index (κ2) is 8.03. The van der Waals surface area contributed by atoms with E-state index >= 15 is 0 Å². The quantitative estimate of drug-likeness (QED) is 0.782. The highest BCUT2D eigenvalue weighted by Crippen LogP contribution is 2.28. The van der Waals surface area contributed by atoms with Crippen molar-refractivity contribution in [1.29, 1.82) is 0 Å². The maximum absolute atomic E-state index is 11.9. The fourth-order valence-electron chi connectivity index (χ4n) is 1.67. The molecule has 0 radical (unpaired) electrons. The number of benzene rings is 1. The molecule has 9 heteroatoms. The van der Waals surface area contributed by atoms with Crippen LogP contribution in [-0.2, 0) is 14.3 Å². The third kappa shape index (κ3) is 5.14. The SMILES string of the molecule is Cc1cc(NC(=O)COC(=O)[C@H](C)Oc2ccc(Cl)cc2Cl)no1. The summed E-state index contributed by atoms with van der Waals surface area (Å²) in [5.41, 5.74) is 0. The molecule has 0 aliphatic rings. The Bertz CT molecular complexity index is 747. The monoisotopic (exact) mass is 372 g/mol. The molecule has 0 aliphatic carbocycles. The van der Waals surface area contributed by atoms with E-state index in [9.17, 15) is 9.59 Å². The van der Waals surface area contributed by atoms with Gasteiger partial charge in [-0.2, -0.15) is 0 Å². The number of ether oxygens (including phenoxy) is 2. The molecule has 0 unspecified atom stereocenters. The maximum atomic E-state index is 11.9. The van der Waals surface area contributed by atoms with Crippen LogP contribution in [0.25, 0.3) is 0 Å². The number of carbonyl (C=O) groups is 2. The Morgan fingerprint density at radius 3 is 2.71 bits per heavy atom. The van der Waals surface area contributed by atoms with Gasteiger partial charge in [-0.3, -0.25) is 4.79 Å². The highest BCUT2D eigenvalue weighted by Gasteiger charge is 2.19. The van der Waals surface area contributed by atoms with Crippen LogP contribution in [0.4, 0.5) is 5.82 Å². The first-order valence-corrected chi connectivity index (χ1v) is 7.62. The summed E-state index contributed by atoms with van der Waals surface area (Å²) >= 11 is 11.7. The molecular formula is C15H14Cl2N2O5. The number of hydrogen-bond acceptors (Lipinski definition) is 6. The van der Waals surface area contributed by atoms with Crippen LogP contribution in [0.5, 0.6) is 5.75 Å². The molecule has 2 rings (SSSR count). The van der Waals surface area contributed by atoms with Crippen molar-refractivity contribution in [3.8, 4) is 5.75 Å². The van der Waals surface area contributed by atoms with Gasteiger partial charge in [0.15, 0.2) is 18.5 Å². The van der Waals surface area contributed by atoms with Crippen LogP contribution in [-0.4, -0.2) is 29.7 Å². The number of aryl methyl sites for hydroxylation is 1. The number of nitrogens with zero attached hydrogens (tertiary/aromatic N) is 1. The van der Waals surface area contributed by atoms with Crippen molar-refractivity contribution in [2.45, 2.75) is 20.0 Å². The molecule has 1 atom stereocenters. The van der Waals surface area contributed by atoms with Crippen molar-refractivity contribution in [2.24, 2.45) is 0 Å². The lowest BCUT2D eigenvalue weighted by atomic mass is 10.3. The van der Waals surface area contributed by atoms with Crippen molar-refractivity contribution in [3.05, 3.63) is 40.1 Å². The van der Waals surface area contributed by atoms with Crippen LogP contribution < -0.4 is 10.1 Å². The van der Waals surface area contributed by atoms with E-state index in [1.165, 1.54) is 25.1 Å². The Morgan fingerprint density at radius 2 is 2.08 bits per heavy atom. The van der Waals surface area contributed by atoms with Crippen molar-refractivity contribution in [2.75, 3.05) is 11.9 Å². The highest BCUT2D eigenvalue weighted by atomic mass is 35.5. The van der Waals surface area contributed by atoms with E-state index in [0.717, 1.165) is 0 Å². The van der Waals surface area contributed by atoms with Crippen LogP contribution in [0.15, 0.2) is 28.8 Å². The number of esters is 1. The maximum Gasteiger partial charge on any atom is 0.347 e. The molecule has 1 aromatic carbocycles. The fraction of sp³-hybridized carbons (Fsp3) is 0.267. The second-order valence-electron chi connectivity index (χ2n) is 4.81. The number of amides is 1. The lowest BCUT2D eigenvalue weighted by Gasteiger charge is -2.14. The minimum Gasteiger partial charge on any atom is -0.477 e. The summed E-state index contributed by atoms with van der Waals surface area (Å²) in [7, 11) is 0. The molecule has 128 valence electrons. The zero-order valence-electron chi connectivity index (χ0n) is 12.8. The van der Waals surface area contributed by atoms with Crippen LogP contribution in [0.3, 0.4) is 0 Å². The van der Waals surface area contributed by atoms with Crippen LogP contribution in [0.2, 0.25) is 10.0 Å². The third-order valence-electron chi connectivity index (χ3n) is 2.77. The summed E-state index contributed by atoms with van der Waals surface area (Å²) in [5, 5.41) is 6.73. The van der Waals surface area contributed by atoms with Gasteiger partial charge < -0.3 is 19.3 Å². The number of carbonyl (C=O) groups excluding carboxylic acids is 2. The summed E-state index contributed by atoms with van der Waals surface area (Å²) in [5.74, 6) is -0.191. The van der Waals surface area contributed by atoms with Crippen LogP contribution in [0, 0.1) is 6.92 Å². The molecular weight excluding hydrogens is 359 g/mol. The Morgan fingerprint density at radius 1 is 1.33 bits per heavy atom. The second-order valence-corrected chi connectivity index (χ2v) is 5.66. The summed E-state index contributed by atoms with van der Waals surface area (Å²) in [6.07, 6.45) is -0.953. The van der Waals surface area contributed by atoms with Gasteiger partial charge in [-0.15, -0.1) is 0 Å². The normalized spacial score (nSPS) is 11.7. The predicted molar refractivity (Wildman–Crippen MR) is 87.4 cm³/mol. The standard InChI is InChI=1S/C15H14Cl2N2O5/c1-8-5-13(19-24-8)18-14(20)7-22-15(21)9(2)23-12-4-3-10(16)6-11(12)17/h3-6,9H,7H2,1-2H3,(H,18,19,20)/t9-/m0/s1. The Hall–Kier alpha value is -2.25. The van der Waals surface area contributed by atoms with Crippen molar-refractivity contribution < 1.29 is 23.6 Å². The molecule has 0 spiro atoms. The van der Waals surface area contributed by atoms with E-state index in [2.05, 4.69) is 10.5 Å². The van der Waals surface area contributed by atoms with Crippen LogP contribution >= 0.6 is 23.2 Å². The van der Waals surface area contributed by atoms with Crippen molar-refractivity contribution in [3.63, 3.8) is 0 Å². The zero-order chi connectivity index (χ0) is 17.7. The molecule has 1 N–H and O–H groups in total. The molecule has 7 nitrogen and oxygen atoms in total. The summed E-state index contributed by atoms with van der Waals surface area (Å²) in [6, 6.07) is 6.14. The molecule has 0 bridgehead atoms. The fourth-order valence-corrected chi connectivity index (χ4v) is 2.12. The van der Waals surface area contributed by atoms with E-state index in [0.29, 0.717) is 10.8 Å². The smallest absolute Gasteiger partial charge is 0.347 e. The lowest BCUT2D eigenvalue weighted by molar-refractivity contribution is -0.153. The van der Waals surface area contributed by atoms with Gasteiger partial charge in [-0.1, -0.05) is 28.4 Å². The van der Waals surface area contributed by atoms with E-state index in [1.54, 1.807) is 13.0 Å². The number of halogens is 2. The molecule has 24 heavy (non-hydrogen) atoms. The number of anilines is 1. The minimum atomic E-state index is -0.953. The van der Waals surface area contributed by atoms with Crippen molar-refractivity contribution in [1.82, 2.24) is 5.16 Å². The van der Waals surface area contributed by atoms with E-state index in [4.69, 9.17) is 37.2 Å². The molecule has 1 amide bonds. The topological polar surface area (TPSA) is 90.7 Å². The van der Waals surface area contributed by atoms with Gasteiger partial charge in [0.1, 0.15) is 11.5 Å². The van der Waals surface area contributed by atoms with E-state index < -0.39 is 24.6 Å². The molecule has 0 saturated carbocycles. The molecule has 1 aromatic heterocycles. The average molecular weight is 373 g/mol. The summed E-state index contributed by atoms with van der Waals surface area (Å²) in [6.45, 7) is 2.68. The van der Waals surface area contributed by atoms with Gasteiger partial charge in [-0.25, -0.2) is 4.79 Å². The van der Waals surface area contributed by atoms with Gasteiger partial charge in [-0.05, 0) is 32.0 Å². The number of hydrogen-bond donors (Lipinski definition) is 1. The molecule has 2 aromatic rings. The Balaban J connectivity index is 1.81. The summed E-state index contributed by atoms with van der Waals surface area (Å²) < 4.78 is 15.1. The predicted octanol–water partition coefficient (Wildman–Crippen LogP) is 3.24. The van der Waals surface area contributed by atoms with Gasteiger partial charge >= 0.3 is 5.97 Å². The number of nitrogens with one attached hydrogen (secondary N) is 1. The van der Waals surface area contributed by atoms with E-state index in [-0.39, 0.29) is 16.6 Å². The van der Waals surface area contributed by atoms with Gasteiger partial charge in [0, 0.05) is 11.1 Å². The number of rotatable bonds is 6. The van der Waals surface area contributed by atoms with Gasteiger partial charge in [0.05, 0.1) is 5.02 Å². The highest BCUT2D eigenvalue weighted by molar-refractivity contribution is 6.35. The average Bonchev–Trinajstić information content (AvgIpc) is 2.92. The Labute approximate surface area is 147 Å². The first kappa shape index (κ1) is 18.1. The van der Waals surface area contributed by atoms with Gasteiger partial charge in [0.2, 0.25) is 0 Å². The third-order valence-corrected chi connectivity index (χ3v) is 3.30.